The fraction of sp³-hybridized carbons (Fsp3) is 0.632. The second kappa shape index (κ2) is 5.91. The Morgan fingerprint density at radius 3 is 2.65 bits per heavy atom. The standard InChI is InChI=1S/C19H25NO3/c21-18-19(22,11-14-7-3-1-4-8-14)12-16-13-23-17(20(16)18)15-9-5-2-6-10-15/h2,5-6,9-10,14,16-17,22H,1,3-4,7-8,11-13H2/t16-,17+,19+/m0/s1. The van der Waals surface area contributed by atoms with Crippen LogP contribution in [-0.4, -0.2) is 34.2 Å². The van der Waals surface area contributed by atoms with E-state index >= 15 is 0 Å². The smallest absolute Gasteiger partial charge is 0.257 e. The Morgan fingerprint density at radius 2 is 1.91 bits per heavy atom. The molecule has 1 aromatic carbocycles. The van der Waals surface area contributed by atoms with E-state index in [1.807, 2.05) is 30.3 Å². The van der Waals surface area contributed by atoms with Crippen LogP contribution in [0.5, 0.6) is 0 Å². The molecule has 0 bridgehead atoms. The van der Waals surface area contributed by atoms with Crippen LogP contribution in [0.15, 0.2) is 30.3 Å². The number of fused-ring (bicyclic) bond motifs is 1. The molecule has 3 atom stereocenters. The van der Waals surface area contributed by atoms with Crippen molar-refractivity contribution in [3.8, 4) is 0 Å². The number of nitrogens with zero attached hydrogens (tertiary/aromatic N) is 1. The van der Waals surface area contributed by atoms with Gasteiger partial charge in [0.2, 0.25) is 0 Å². The number of benzene rings is 1. The minimum Gasteiger partial charge on any atom is -0.380 e. The number of hydrogen-bond donors (Lipinski definition) is 1. The van der Waals surface area contributed by atoms with Gasteiger partial charge >= 0.3 is 0 Å². The van der Waals surface area contributed by atoms with E-state index in [-0.39, 0.29) is 18.2 Å². The predicted molar refractivity (Wildman–Crippen MR) is 86.5 cm³/mol. The molecule has 2 aliphatic heterocycles. The maximum Gasteiger partial charge on any atom is 0.257 e. The number of ether oxygens (including phenoxy) is 1. The highest BCUT2D eigenvalue weighted by molar-refractivity contribution is 5.88. The van der Waals surface area contributed by atoms with Crippen molar-refractivity contribution in [3.63, 3.8) is 0 Å². The molecule has 1 aliphatic carbocycles. The molecule has 0 spiro atoms. The van der Waals surface area contributed by atoms with Gasteiger partial charge in [-0.25, -0.2) is 0 Å². The molecule has 4 heteroatoms. The number of aliphatic hydroxyl groups is 1. The Hall–Kier alpha value is -1.39. The summed E-state index contributed by atoms with van der Waals surface area (Å²) in [7, 11) is 0. The molecule has 2 heterocycles. The molecule has 1 saturated carbocycles. The summed E-state index contributed by atoms with van der Waals surface area (Å²) in [5.41, 5.74) is -0.186. The number of amides is 1. The largest absolute Gasteiger partial charge is 0.380 e. The molecule has 0 radical (unpaired) electrons. The van der Waals surface area contributed by atoms with E-state index in [0.717, 1.165) is 18.4 Å². The monoisotopic (exact) mass is 315 g/mol. The average molecular weight is 315 g/mol. The molecule has 1 aromatic rings. The fourth-order valence-electron chi connectivity index (χ4n) is 4.62. The molecule has 124 valence electrons. The van der Waals surface area contributed by atoms with E-state index in [9.17, 15) is 9.90 Å². The lowest BCUT2D eigenvalue weighted by Gasteiger charge is -2.30. The number of hydrogen-bond acceptors (Lipinski definition) is 3. The van der Waals surface area contributed by atoms with E-state index in [1.54, 1.807) is 4.90 Å². The van der Waals surface area contributed by atoms with Gasteiger partial charge in [-0.2, -0.15) is 0 Å². The molecule has 0 aromatic heterocycles. The Morgan fingerprint density at radius 1 is 1.17 bits per heavy atom. The first-order valence-corrected chi connectivity index (χ1v) is 8.89. The Balaban J connectivity index is 1.52. The van der Waals surface area contributed by atoms with Crippen LogP contribution in [0.1, 0.15) is 56.7 Å². The third kappa shape index (κ3) is 2.68. The zero-order valence-corrected chi connectivity index (χ0v) is 13.5. The van der Waals surface area contributed by atoms with Crippen molar-refractivity contribution in [3.05, 3.63) is 35.9 Å². The molecule has 3 aliphatic rings. The normalized spacial score (nSPS) is 34.8. The lowest BCUT2D eigenvalue weighted by atomic mass is 9.80. The highest BCUT2D eigenvalue weighted by atomic mass is 16.5. The van der Waals surface area contributed by atoms with Gasteiger partial charge in [-0.05, 0) is 12.3 Å². The van der Waals surface area contributed by atoms with Crippen molar-refractivity contribution in [1.29, 1.82) is 0 Å². The van der Waals surface area contributed by atoms with Gasteiger partial charge in [-0.15, -0.1) is 0 Å². The first-order valence-electron chi connectivity index (χ1n) is 8.89. The van der Waals surface area contributed by atoms with Gasteiger partial charge < -0.3 is 14.7 Å². The molecule has 23 heavy (non-hydrogen) atoms. The third-order valence-corrected chi connectivity index (χ3v) is 5.73. The quantitative estimate of drug-likeness (QED) is 0.933. The van der Waals surface area contributed by atoms with Crippen LogP contribution < -0.4 is 0 Å². The first kappa shape index (κ1) is 15.2. The van der Waals surface area contributed by atoms with Gasteiger partial charge in [0.05, 0.1) is 12.6 Å². The van der Waals surface area contributed by atoms with Crippen molar-refractivity contribution in [2.45, 2.75) is 62.8 Å². The summed E-state index contributed by atoms with van der Waals surface area (Å²) in [5.74, 6) is 0.369. The van der Waals surface area contributed by atoms with Gasteiger partial charge in [0.25, 0.3) is 5.91 Å². The van der Waals surface area contributed by atoms with Crippen molar-refractivity contribution < 1.29 is 14.6 Å². The van der Waals surface area contributed by atoms with E-state index in [4.69, 9.17) is 4.74 Å². The number of carbonyl (C=O) groups is 1. The summed E-state index contributed by atoms with van der Waals surface area (Å²) >= 11 is 0. The van der Waals surface area contributed by atoms with Gasteiger partial charge in [0.1, 0.15) is 5.60 Å². The van der Waals surface area contributed by atoms with Gasteiger partial charge in [-0.1, -0.05) is 62.4 Å². The maximum absolute atomic E-state index is 13.0. The minimum absolute atomic E-state index is 0.0151. The van der Waals surface area contributed by atoms with Crippen molar-refractivity contribution in [2.75, 3.05) is 6.61 Å². The topological polar surface area (TPSA) is 49.8 Å². The first-order chi connectivity index (χ1) is 11.2. The van der Waals surface area contributed by atoms with Crippen LogP contribution in [0.3, 0.4) is 0 Å². The predicted octanol–water partition coefficient (Wildman–Crippen LogP) is 3.02. The zero-order chi connectivity index (χ0) is 15.9. The van der Waals surface area contributed by atoms with Crippen molar-refractivity contribution in [2.24, 2.45) is 5.92 Å². The third-order valence-electron chi connectivity index (χ3n) is 5.73. The summed E-state index contributed by atoms with van der Waals surface area (Å²) in [6.45, 7) is 0.526. The highest BCUT2D eigenvalue weighted by Gasteiger charge is 2.56. The summed E-state index contributed by atoms with van der Waals surface area (Å²) in [4.78, 5) is 14.8. The Labute approximate surface area is 137 Å². The molecule has 4 nitrogen and oxygen atoms in total. The second-order valence-electron chi connectivity index (χ2n) is 7.41. The molecular weight excluding hydrogens is 290 g/mol. The van der Waals surface area contributed by atoms with Crippen molar-refractivity contribution in [1.82, 2.24) is 4.90 Å². The minimum atomic E-state index is -1.18. The van der Waals surface area contributed by atoms with Crippen LogP contribution in [0.2, 0.25) is 0 Å². The van der Waals surface area contributed by atoms with Gasteiger partial charge in [0.15, 0.2) is 6.23 Å². The van der Waals surface area contributed by atoms with E-state index in [0.29, 0.717) is 25.4 Å². The molecular formula is C19H25NO3. The van der Waals surface area contributed by atoms with Crippen LogP contribution in [0.4, 0.5) is 0 Å². The number of carbonyl (C=O) groups excluding carboxylic acids is 1. The maximum atomic E-state index is 13.0. The molecule has 1 amide bonds. The highest BCUT2D eigenvalue weighted by Crippen LogP contribution is 2.44. The molecule has 1 N–H and O–H groups in total. The Kier molecular flexibility index (Phi) is 3.90. The summed E-state index contributed by atoms with van der Waals surface area (Å²) in [5, 5.41) is 11.0. The van der Waals surface area contributed by atoms with Crippen LogP contribution in [-0.2, 0) is 9.53 Å². The lowest BCUT2D eigenvalue weighted by molar-refractivity contribution is -0.151. The Bertz CT molecular complexity index is 569. The fourth-order valence-corrected chi connectivity index (χ4v) is 4.62. The van der Waals surface area contributed by atoms with E-state index in [2.05, 4.69) is 0 Å². The second-order valence-corrected chi connectivity index (χ2v) is 7.41. The van der Waals surface area contributed by atoms with Crippen LogP contribution in [0.25, 0.3) is 0 Å². The van der Waals surface area contributed by atoms with Gasteiger partial charge in [-0.3, -0.25) is 4.79 Å². The summed E-state index contributed by atoms with van der Waals surface area (Å²) < 4.78 is 5.85. The van der Waals surface area contributed by atoms with Crippen LogP contribution in [0, 0.1) is 5.92 Å². The van der Waals surface area contributed by atoms with Crippen LogP contribution >= 0.6 is 0 Å². The number of rotatable bonds is 3. The summed E-state index contributed by atoms with van der Waals surface area (Å²) in [6.07, 6.45) is 6.87. The SMILES string of the molecule is O=C1N2[C@H](CO[C@@H]2c2ccccc2)C[C@]1(O)CC1CCCCC1. The van der Waals surface area contributed by atoms with E-state index < -0.39 is 5.60 Å². The molecule has 0 unspecified atom stereocenters. The molecule has 4 rings (SSSR count). The van der Waals surface area contributed by atoms with E-state index in [1.165, 1.54) is 19.3 Å². The summed E-state index contributed by atoms with van der Waals surface area (Å²) in [6, 6.07) is 9.86. The average Bonchev–Trinajstić information content (AvgIpc) is 3.08. The van der Waals surface area contributed by atoms with Crippen molar-refractivity contribution >= 4 is 5.91 Å². The van der Waals surface area contributed by atoms with Gasteiger partial charge in [0, 0.05) is 12.0 Å². The lowest BCUT2D eigenvalue weighted by Crippen LogP contribution is -2.42. The molecule has 2 saturated heterocycles. The molecule has 3 fully saturated rings. The zero-order valence-electron chi connectivity index (χ0n) is 13.5.